The van der Waals surface area contributed by atoms with Crippen molar-refractivity contribution in [2.24, 2.45) is 11.3 Å². The minimum Gasteiger partial charge on any atom is -0.393 e. The summed E-state index contributed by atoms with van der Waals surface area (Å²) in [6.07, 6.45) is 2.64. The number of halogens is 2. The summed E-state index contributed by atoms with van der Waals surface area (Å²) in [7, 11) is 0. The highest BCUT2D eigenvalue weighted by molar-refractivity contribution is 6.00. The van der Waals surface area contributed by atoms with E-state index in [0.717, 1.165) is 18.2 Å². The lowest BCUT2D eigenvalue weighted by molar-refractivity contribution is -0.130. The van der Waals surface area contributed by atoms with Crippen LogP contribution in [0.4, 0.5) is 14.5 Å². The number of aromatic nitrogens is 2. The largest absolute Gasteiger partial charge is 0.393 e. The van der Waals surface area contributed by atoms with E-state index in [9.17, 15) is 23.5 Å². The van der Waals surface area contributed by atoms with Crippen LogP contribution < -0.4 is 4.90 Å². The van der Waals surface area contributed by atoms with Crippen molar-refractivity contribution in [3.05, 3.63) is 53.6 Å². The smallest absolute Gasteiger partial charge is 0.233 e. The summed E-state index contributed by atoms with van der Waals surface area (Å²) in [5.41, 5.74) is -0.322. The summed E-state index contributed by atoms with van der Waals surface area (Å²) in [5, 5.41) is 10.5. The van der Waals surface area contributed by atoms with Crippen LogP contribution in [-0.4, -0.2) is 39.4 Å². The second-order valence-corrected chi connectivity index (χ2v) is 8.39. The minimum absolute atomic E-state index is 0.149. The van der Waals surface area contributed by atoms with Gasteiger partial charge in [-0.1, -0.05) is 0 Å². The van der Waals surface area contributed by atoms with Gasteiger partial charge >= 0.3 is 0 Å². The van der Waals surface area contributed by atoms with Crippen molar-refractivity contribution in [1.82, 2.24) is 9.97 Å². The Kier molecular flexibility index (Phi) is 5.36. The summed E-state index contributed by atoms with van der Waals surface area (Å²) in [6.45, 7) is 2.03. The van der Waals surface area contributed by atoms with Gasteiger partial charge in [-0.25, -0.2) is 18.7 Å². The Balaban J connectivity index is 1.52. The minimum atomic E-state index is -0.826. The van der Waals surface area contributed by atoms with Crippen LogP contribution in [0.25, 0.3) is 0 Å². The Labute approximate surface area is 173 Å². The lowest BCUT2D eigenvalue weighted by atomic mass is 9.66. The molecule has 2 aromatic rings. The molecule has 158 valence electrons. The quantitative estimate of drug-likeness (QED) is 0.776. The summed E-state index contributed by atoms with van der Waals surface area (Å²) < 4.78 is 27.3. The maximum atomic E-state index is 13.6. The number of aliphatic hydroxyl groups is 1. The van der Waals surface area contributed by atoms with Gasteiger partial charge in [0.2, 0.25) is 5.91 Å². The average Bonchev–Trinajstić information content (AvgIpc) is 2.96. The van der Waals surface area contributed by atoms with Crippen molar-refractivity contribution in [1.29, 1.82) is 0 Å². The number of hydrogen-bond acceptors (Lipinski definition) is 5. The van der Waals surface area contributed by atoms with E-state index in [1.807, 2.05) is 0 Å². The van der Waals surface area contributed by atoms with Gasteiger partial charge in [0, 0.05) is 30.9 Å². The van der Waals surface area contributed by atoms with Crippen LogP contribution in [0.1, 0.15) is 48.4 Å². The molecular weight excluding hydrogens is 392 g/mol. The Morgan fingerprint density at radius 3 is 2.70 bits per heavy atom. The first-order valence-corrected chi connectivity index (χ1v) is 10.0. The average molecular weight is 415 g/mol. The van der Waals surface area contributed by atoms with Crippen LogP contribution in [0.15, 0.2) is 30.5 Å². The van der Waals surface area contributed by atoms with Crippen molar-refractivity contribution in [3.63, 3.8) is 0 Å². The molecule has 30 heavy (non-hydrogen) atoms. The number of nitrogens with zero attached hydrogens (tertiary/aromatic N) is 3. The van der Waals surface area contributed by atoms with Crippen molar-refractivity contribution in [3.8, 4) is 0 Å². The van der Waals surface area contributed by atoms with E-state index in [1.165, 1.54) is 11.1 Å². The molecule has 1 saturated heterocycles. The normalized spacial score (nSPS) is 26.4. The van der Waals surface area contributed by atoms with E-state index >= 15 is 0 Å². The summed E-state index contributed by atoms with van der Waals surface area (Å²) in [4.78, 5) is 35.5. The molecule has 1 aliphatic carbocycles. The lowest BCUT2D eigenvalue weighted by Crippen LogP contribution is -2.43. The molecule has 8 heteroatoms. The fraction of sp³-hybridized carbons (Fsp3) is 0.455. The van der Waals surface area contributed by atoms with Gasteiger partial charge < -0.3 is 10.0 Å². The molecule has 1 amide bonds. The standard InChI is InChI=1S/C22H23F2N3O3/c1-13-25-4-2-19(26-13)20(29)7-14-6-18(28)12-22(11-14)3-5-27(21(22)30)17-9-15(23)8-16(24)10-17/h2,4,8-10,14,18,28H,3,5-7,11-12H2,1H3/t14-,18-,22+/m0/s1. The number of hydrogen-bond donors (Lipinski definition) is 1. The monoisotopic (exact) mass is 415 g/mol. The highest BCUT2D eigenvalue weighted by Crippen LogP contribution is 2.49. The number of benzene rings is 1. The maximum absolute atomic E-state index is 13.6. The highest BCUT2D eigenvalue weighted by Gasteiger charge is 2.51. The number of ketones is 1. The number of rotatable bonds is 4. The molecular formula is C22H23F2N3O3. The second kappa shape index (κ2) is 7.83. The van der Waals surface area contributed by atoms with E-state index in [2.05, 4.69) is 9.97 Å². The molecule has 1 saturated carbocycles. The highest BCUT2D eigenvalue weighted by atomic mass is 19.1. The third-order valence-electron chi connectivity index (χ3n) is 6.12. The number of Topliss-reactive ketones (excluding diaryl/α,β-unsaturated/α-hetero) is 1. The van der Waals surface area contributed by atoms with E-state index < -0.39 is 23.2 Å². The van der Waals surface area contributed by atoms with Crippen LogP contribution in [0.2, 0.25) is 0 Å². The summed E-state index contributed by atoms with van der Waals surface area (Å²) >= 11 is 0. The predicted octanol–water partition coefficient (Wildman–Crippen LogP) is 3.22. The molecule has 2 fully saturated rings. The Morgan fingerprint density at radius 1 is 1.27 bits per heavy atom. The second-order valence-electron chi connectivity index (χ2n) is 8.39. The number of aliphatic hydroxyl groups excluding tert-OH is 1. The fourth-order valence-electron chi connectivity index (χ4n) is 4.91. The van der Waals surface area contributed by atoms with Crippen molar-refractivity contribution in [2.75, 3.05) is 11.4 Å². The number of carbonyl (C=O) groups is 2. The molecule has 4 rings (SSSR count). The van der Waals surface area contributed by atoms with Crippen molar-refractivity contribution < 1.29 is 23.5 Å². The van der Waals surface area contributed by atoms with Gasteiger partial charge in [-0.05, 0) is 56.7 Å². The maximum Gasteiger partial charge on any atom is 0.233 e. The molecule has 1 aromatic carbocycles. The Hall–Kier alpha value is -2.74. The topological polar surface area (TPSA) is 83.4 Å². The van der Waals surface area contributed by atoms with Gasteiger partial charge in [0.1, 0.15) is 23.2 Å². The molecule has 6 nitrogen and oxygen atoms in total. The van der Waals surface area contributed by atoms with Gasteiger partial charge in [-0.3, -0.25) is 9.59 Å². The zero-order chi connectivity index (χ0) is 21.5. The molecule has 2 heterocycles. The molecule has 1 spiro atoms. The molecule has 3 atom stereocenters. The van der Waals surface area contributed by atoms with Gasteiger partial charge in [0.25, 0.3) is 0 Å². The number of amides is 1. The van der Waals surface area contributed by atoms with Gasteiger partial charge in [-0.2, -0.15) is 0 Å². The van der Waals surface area contributed by atoms with E-state index in [1.54, 1.807) is 13.0 Å². The first-order valence-electron chi connectivity index (χ1n) is 10.0. The first kappa shape index (κ1) is 20.5. The van der Waals surface area contributed by atoms with Crippen molar-refractivity contribution >= 4 is 17.4 Å². The van der Waals surface area contributed by atoms with Crippen LogP contribution in [-0.2, 0) is 4.79 Å². The van der Waals surface area contributed by atoms with Crippen LogP contribution in [0.3, 0.4) is 0 Å². The first-order chi connectivity index (χ1) is 14.3. The summed E-state index contributed by atoms with van der Waals surface area (Å²) in [6, 6.07) is 4.60. The van der Waals surface area contributed by atoms with Crippen molar-refractivity contribution in [2.45, 2.75) is 45.1 Å². The van der Waals surface area contributed by atoms with Gasteiger partial charge in [0.05, 0.1) is 11.5 Å². The van der Waals surface area contributed by atoms with E-state index in [-0.39, 0.29) is 36.1 Å². The number of anilines is 1. The van der Waals surface area contributed by atoms with E-state index in [0.29, 0.717) is 37.3 Å². The molecule has 1 N–H and O–H groups in total. The summed E-state index contributed by atoms with van der Waals surface area (Å²) in [5.74, 6) is -1.56. The predicted molar refractivity (Wildman–Crippen MR) is 105 cm³/mol. The molecule has 0 radical (unpaired) electrons. The number of aryl methyl sites for hydroxylation is 1. The van der Waals surface area contributed by atoms with Gasteiger partial charge in [-0.15, -0.1) is 0 Å². The van der Waals surface area contributed by atoms with Crippen LogP contribution >= 0.6 is 0 Å². The zero-order valence-electron chi connectivity index (χ0n) is 16.6. The molecule has 1 aliphatic heterocycles. The Morgan fingerprint density at radius 2 is 2.00 bits per heavy atom. The molecule has 1 aromatic heterocycles. The Bertz CT molecular complexity index is 979. The molecule has 0 unspecified atom stereocenters. The van der Waals surface area contributed by atoms with E-state index in [4.69, 9.17) is 0 Å². The van der Waals surface area contributed by atoms with Crippen LogP contribution in [0, 0.1) is 29.9 Å². The number of carbonyl (C=O) groups excluding carboxylic acids is 2. The third-order valence-corrected chi connectivity index (χ3v) is 6.12. The van der Waals surface area contributed by atoms with Crippen LogP contribution in [0.5, 0.6) is 0 Å². The zero-order valence-corrected chi connectivity index (χ0v) is 16.6. The third kappa shape index (κ3) is 3.96. The SMILES string of the molecule is Cc1nccc(C(=O)C[C@@H]2C[C@H](O)C[C@@]3(CCN(c4cc(F)cc(F)c4)C3=O)C2)n1. The van der Waals surface area contributed by atoms with Gasteiger partial charge in [0.15, 0.2) is 5.78 Å². The lowest BCUT2D eigenvalue weighted by Gasteiger charge is -2.39. The fourth-order valence-corrected chi connectivity index (χ4v) is 4.91. The molecule has 0 bridgehead atoms. The molecule has 2 aliphatic rings.